The molecule has 1 saturated carbocycles. The number of nitrogens with zero attached hydrogens (tertiary/aromatic N) is 8. The highest BCUT2D eigenvalue weighted by Crippen LogP contribution is 2.38. The van der Waals surface area contributed by atoms with E-state index in [0.717, 1.165) is 28.5 Å². The lowest BCUT2D eigenvalue weighted by molar-refractivity contribution is -0.148. The van der Waals surface area contributed by atoms with E-state index in [0.29, 0.717) is 58.6 Å². The first kappa shape index (κ1) is 81.3. The van der Waals surface area contributed by atoms with E-state index in [4.69, 9.17) is 19.4 Å². The van der Waals surface area contributed by atoms with E-state index in [-0.39, 0.29) is 54.9 Å². The highest BCUT2D eigenvalue weighted by Gasteiger charge is 2.44. The molecule has 0 radical (unpaired) electrons. The summed E-state index contributed by atoms with van der Waals surface area (Å²) in [5.74, 6) is -4.50. The molecule has 1 aliphatic carbocycles. The largest absolute Gasteiger partial charge is 0.379 e. The highest BCUT2D eigenvalue weighted by molar-refractivity contribution is 8.00. The lowest BCUT2D eigenvalue weighted by atomic mass is 9.89. The molecule has 3 aliphatic rings. The number of likely N-dealkylation sites (tertiary alicyclic amines) is 1. The van der Waals surface area contributed by atoms with Crippen LogP contribution in [0.15, 0.2) is 47.6 Å². The average Bonchev–Trinajstić information content (AvgIpc) is 1.15. The summed E-state index contributed by atoms with van der Waals surface area (Å²) in [6.45, 7) is 11.4. The van der Waals surface area contributed by atoms with E-state index < -0.39 is 122 Å². The van der Waals surface area contributed by atoms with Gasteiger partial charge in [0.25, 0.3) is 5.91 Å². The quantitative estimate of drug-likeness (QED) is 0.0210. The summed E-state index contributed by atoms with van der Waals surface area (Å²) >= 11 is 3.94. The molecule has 1 aromatic heterocycles. The van der Waals surface area contributed by atoms with E-state index in [1.54, 1.807) is 66.2 Å². The van der Waals surface area contributed by atoms with E-state index >= 15 is 0 Å². The van der Waals surface area contributed by atoms with Crippen LogP contribution in [-0.4, -0.2) is 218 Å². The van der Waals surface area contributed by atoms with Crippen LogP contribution in [-0.2, 0) is 70.6 Å². The molecular weight excluding hydrogens is 1320 g/mol. The van der Waals surface area contributed by atoms with Gasteiger partial charge in [0.1, 0.15) is 6.04 Å². The van der Waals surface area contributed by atoms with Gasteiger partial charge < -0.3 is 61.8 Å². The molecule has 2 aromatic carbocycles. The molecule has 2 unspecified atom stereocenters. The maximum absolute atomic E-state index is 14.5. The Balaban J connectivity index is 0.898. The number of amides is 10. The first-order chi connectivity index (χ1) is 47.7. The molecule has 10 amide bonds. The maximum Gasteiger partial charge on any atom is 0.251 e. The summed E-state index contributed by atoms with van der Waals surface area (Å²) in [6, 6.07) is 8.82. The van der Waals surface area contributed by atoms with Crippen LogP contribution in [0.1, 0.15) is 146 Å². The second-order valence-electron chi connectivity index (χ2n) is 27.2. The topological polar surface area (TPSA) is 370 Å². The Morgan fingerprint density at radius 1 is 0.680 bits per heavy atom. The number of ether oxygens (including phenoxy) is 2. The fourth-order valence-corrected chi connectivity index (χ4v) is 16.1. The summed E-state index contributed by atoms with van der Waals surface area (Å²) in [6.07, 6.45) is 9.38. The number of anilines is 1. The van der Waals surface area contributed by atoms with Gasteiger partial charge in [0.2, 0.25) is 53.2 Å². The molecule has 3 aromatic rings. The zero-order valence-corrected chi connectivity index (χ0v) is 61.8. The fourth-order valence-electron chi connectivity index (χ4n) is 13.3. The molecule has 6 rings (SSSR count). The third-order valence-corrected chi connectivity index (χ3v) is 21.6. The Bertz CT molecular complexity index is 3330. The minimum Gasteiger partial charge on any atom is -0.379 e. The van der Waals surface area contributed by atoms with Gasteiger partial charge in [-0.05, 0) is 112 Å². The number of thioether (sulfide) groups is 2. The normalized spacial score (nSPS) is 18.7. The summed E-state index contributed by atoms with van der Waals surface area (Å²) in [5, 5.41) is 25.7. The molecule has 2 aliphatic heterocycles. The molecule has 0 spiro atoms. The lowest BCUT2D eigenvalue weighted by Gasteiger charge is -2.41. The molecule has 30 heteroatoms. The SMILES string of the molecule is CC[C@H](C)[C@@H]([C@@H](CC(=O)N1CCC[C@H]1[C@H](OC)[C@@H](C)C(=O)N[C@H](CN=[N+]=[N-])Cc1ccc(NC(=O)CNC(=O)CNC(=O)CNC(=O)CNC(=O)CNC(=O)c2ccc3nc4c(nc3c2)CSC2CCCCCCC(C2)SC4)cc1)OC)N(C)C(=O)[C@@H](NC(=O)[C@H](C(C)C)N(C)C)C(C)C. The summed E-state index contributed by atoms with van der Waals surface area (Å²) < 4.78 is 12.1. The van der Waals surface area contributed by atoms with Gasteiger partial charge in [0.05, 0.1) is 97.8 Å². The number of hydrogen-bond donors (Lipinski definition) is 8. The molecule has 2 bridgehead atoms. The van der Waals surface area contributed by atoms with Crippen LogP contribution in [0.4, 0.5) is 5.69 Å². The number of methoxy groups -OCH3 is 2. The van der Waals surface area contributed by atoms with Crippen molar-refractivity contribution < 1.29 is 57.4 Å². The van der Waals surface area contributed by atoms with Gasteiger partial charge in [0, 0.05) is 78.6 Å². The van der Waals surface area contributed by atoms with Crippen LogP contribution in [0.2, 0.25) is 0 Å². The molecule has 1 saturated heterocycles. The molecular formula is C70H106N16O12S2. The monoisotopic (exact) mass is 1430 g/mol. The van der Waals surface area contributed by atoms with Crippen LogP contribution < -0.4 is 42.5 Å². The smallest absolute Gasteiger partial charge is 0.251 e. The third-order valence-electron chi connectivity index (χ3n) is 18.9. The second kappa shape index (κ2) is 40.7. The number of fused-ring (bicyclic) bond motifs is 4. The summed E-state index contributed by atoms with van der Waals surface area (Å²) in [4.78, 5) is 151. The Morgan fingerprint density at radius 2 is 1.25 bits per heavy atom. The number of nitrogens with one attached hydrogen (secondary N) is 8. The Labute approximate surface area is 596 Å². The zero-order valence-electron chi connectivity index (χ0n) is 60.2. The minimum atomic E-state index is -0.825. The van der Waals surface area contributed by atoms with Gasteiger partial charge in [-0.2, -0.15) is 23.5 Å². The number of benzene rings is 2. The molecule has 3 heterocycles. The number of carbonyl (C=O) groups is 10. The fraction of sp³-hybridized carbons (Fsp3) is 0.657. The minimum absolute atomic E-state index is 0.00319. The number of aromatic nitrogens is 2. The van der Waals surface area contributed by atoms with Gasteiger partial charge in [-0.15, -0.1) is 0 Å². The van der Waals surface area contributed by atoms with E-state index in [1.807, 2.05) is 84.1 Å². The molecule has 2 fully saturated rings. The maximum atomic E-state index is 14.5. The Kier molecular flexibility index (Phi) is 33.1. The summed E-state index contributed by atoms with van der Waals surface area (Å²) in [5.41, 5.74) is 13.9. The van der Waals surface area contributed by atoms with Gasteiger partial charge in [0.15, 0.2) is 0 Å². The van der Waals surface area contributed by atoms with E-state index in [1.165, 1.54) is 59.2 Å². The number of carbonyl (C=O) groups excluding carboxylic acids is 10. The predicted molar refractivity (Wildman–Crippen MR) is 386 cm³/mol. The van der Waals surface area contributed by atoms with E-state index in [9.17, 15) is 53.5 Å². The van der Waals surface area contributed by atoms with Crippen LogP contribution in [0.5, 0.6) is 0 Å². The zero-order chi connectivity index (χ0) is 73.2. The first-order valence-corrected chi connectivity index (χ1v) is 37.0. The van der Waals surface area contributed by atoms with Gasteiger partial charge in [-0.25, -0.2) is 9.97 Å². The van der Waals surface area contributed by atoms with Gasteiger partial charge in [-0.1, -0.05) is 97.8 Å². The number of hydrogen-bond acceptors (Lipinski definition) is 18. The molecule has 550 valence electrons. The molecule has 11 atom stereocenters. The van der Waals surface area contributed by atoms with Crippen molar-refractivity contribution in [2.24, 2.45) is 28.8 Å². The molecule has 28 nitrogen and oxygen atoms in total. The Morgan fingerprint density at radius 3 is 1.78 bits per heavy atom. The van der Waals surface area contributed by atoms with Crippen LogP contribution >= 0.6 is 23.5 Å². The molecule has 8 N–H and O–H groups in total. The number of likely N-dealkylation sites (N-methyl/N-ethyl adjacent to an activating group) is 2. The lowest BCUT2D eigenvalue weighted by Crippen LogP contribution is -2.59. The van der Waals surface area contributed by atoms with Gasteiger partial charge >= 0.3 is 0 Å². The van der Waals surface area contributed by atoms with Gasteiger partial charge in [-0.3, -0.25) is 52.8 Å². The van der Waals surface area contributed by atoms with E-state index in [2.05, 4.69) is 52.6 Å². The average molecular weight is 1430 g/mol. The van der Waals surface area contributed by atoms with Crippen molar-refractivity contribution in [3.05, 3.63) is 75.4 Å². The third kappa shape index (κ3) is 24.6. The first-order valence-electron chi connectivity index (χ1n) is 34.9. The van der Waals surface area contributed by atoms with Crippen molar-refractivity contribution >= 4 is 99.3 Å². The second-order valence-corrected chi connectivity index (χ2v) is 29.8. The number of rotatable bonds is 34. The van der Waals surface area contributed by atoms with Crippen LogP contribution in [0, 0.1) is 23.7 Å². The standard InChI is InChI=1S/C70H106N16O12S2/c1-13-43(6)65(85(10)70(96)63(41(2)3)82-69(95)64(42(4)5)84(8)9)56(97-11)32-62(92)86-28-18-21-55(86)66(98-12)44(7)67(93)79-48(33-77-83-71)29-45-22-25-47(26-23-45)78-61(91)38-75-59(89)36-73-57(87)34-72-58(88)35-74-60(90)37-76-68(94)46-24-27-51-52(30-46)81-54-40-100-50-20-17-15-14-16-19-49(31-50)99-39-53(54)80-51/h22-27,30,41-44,48-50,55-56,63-66H,13-21,28-29,31-40H2,1-12H3,(H,72,88)(H,73,87)(H,74,90)(H,75,89)(H,76,94)(H,78,91)(H,79,93)(H,82,95)/t43-,44+,48-,49?,50?,55-,56+,63-,64-,65-,66+/m0/s1. The summed E-state index contributed by atoms with van der Waals surface area (Å²) in [7, 11) is 8.38. The van der Waals surface area contributed by atoms with Crippen molar-refractivity contribution in [2.45, 2.75) is 190 Å². The van der Waals surface area contributed by atoms with Crippen molar-refractivity contribution in [1.82, 2.24) is 61.9 Å². The van der Waals surface area contributed by atoms with Crippen LogP contribution in [0.3, 0.4) is 0 Å². The van der Waals surface area contributed by atoms with Crippen molar-refractivity contribution in [3.8, 4) is 0 Å². The predicted octanol–water partition coefficient (Wildman–Crippen LogP) is 5.41. The molecule has 100 heavy (non-hydrogen) atoms. The Hall–Kier alpha value is -7.63. The highest BCUT2D eigenvalue weighted by atomic mass is 32.2. The number of azide groups is 1. The van der Waals surface area contributed by atoms with Crippen molar-refractivity contribution in [3.63, 3.8) is 0 Å². The van der Waals surface area contributed by atoms with Crippen molar-refractivity contribution in [1.29, 1.82) is 0 Å². The van der Waals surface area contributed by atoms with Crippen LogP contribution in [0.25, 0.3) is 21.5 Å². The van der Waals surface area contributed by atoms with Crippen molar-refractivity contribution in [2.75, 3.05) is 86.5 Å².